The summed E-state index contributed by atoms with van der Waals surface area (Å²) in [6.45, 7) is 1.99. The molecule has 1 atom stereocenters. The molecule has 0 aliphatic heterocycles. The topological polar surface area (TPSA) is 48.1 Å². The van der Waals surface area contributed by atoms with Gasteiger partial charge in [-0.25, -0.2) is 0 Å². The summed E-state index contributed by atoms with van der Waals surface area (Å²) in [4.78, 5) is 4.56. The van der Waals surface area contributed by atoms with E-state index in [1.165, 1.54) is 0 Å². The first-order valence-corrected chi connectivity index (χ1v) is 5.38. The van der Waals surface area contributed by atoms with Crippen molar-refractivity contribution in [3.8, 4) is 5.75 Å². The van der Waals surface area contributed by atoms with Gasteiger partial charge in [0.15, 0.2) is 0 Å². The van der Waals surface area contributed by atoms with Crippen molar-refractivity contribution in [3.05, 3.63) is 36.0 Å². The minimum Gasteiger partial charge on any atom is -0.497 e. The molecule has 3 nitrogen and oxygen atoms in total. The standard InChI is InChI=1S/C13H16N2O/c1-9(14)7-11-4-3-10-8-12(16-2)5-6-13(10)15-11/h3-6,8-9H,7,14H2,1-2H3. The number of nitrogens with two attached hydrogens (primary N) is 1. The second-order valence-electron chi connectivity index (χ2n) is 4.04. The van der Waals surface area contributed by atoms with Crippen LogP contribution in [0.25, 0.3) is 10.9 Å². The van der Waals surface area contributed by atoms with E-state index in [9.17, 15) is 0 Å². The van der Waals surface area contributed by atoms with Gasteiger partial charge in [-0.05, 0) is 31.2 Å². The van der Waals surface area contributed by atoms with Gasteiger partial charge >= 0.3 is 0 Å². The van der Waals surface area contributed by atoms with Crippen LogP contribution in [0.5, 0.6) is 5.75 Å². The van der Waals surface area contributed by atoms with Crippen LogP contribution in [0.2, 0.25) is 0 Å². The van der Waals surface area contributed by atoms with Gasteiger partial charge in [-0.15, -0.1) is 0 Å². The summed E-state index contributed by atoms with van der Waals surface area (Å²) < 4.78 is 5.17. The lowest BCUT2D eigenvalue weighted by molar-refractivity contribution is 0.415. The molecule has 1 heterocycles. The maximum absolute atomic E-state index is 5.75. The number of aromatic nitrogens is 1. The van der Waals surface area contributed by atoms with Gasteiger partial charge in [-0.1, -0.05) is 6.07 Å². The van der Waals surface area contributed by atoms with E-state index in [2.05, 4.69) is 11.1 Å². The van der Waals surface area contributed by atoms with E-state index in [0.29, 0.717) is 0 Å². The lowest BCUT2D eigenvalue weighted by Gasteiger charge is -2.06. The molecule has 2 aromatic rings. The molecule has 0 spiro atoms. The minimum absolute atomic E-state index is 0.142. The molecule has 84 valence electrons. The normalized spacial score (nSPS) is 12.7. The summed E-state index contributed by atoms with van der Waals surface area (Å²) in [6.07, 6.45) is 0.808. The summed E-state index contributed by atoms with van der Waals surface area (Å²) in [5.41, 5.74) is 7.77. The van der Waals surface area contributed by atoms with Gasteiger partial charge in [0.2, 0.25) is 0 Å². The van der Waals surface area contributed by atoms with Crippen LogP contribution in [0.1, 0.15) is 12.6 Å². The second-order valence-corrected chi connectivity index (χ2v) is 4.04. The molecule has 1 unspecified atom stereocenters. The van der Waals surface area contributed by atoms with Crippen molar-refractivity contribution in [1.29, 1.82) is 0 Å². The van der Waals surface area contributed by atoms with Crippen molar-refractivity contribution in [1.82, 2.24) is 4.98 Å². The Morgan fingerprint density at radius 3 is 2.81 bits per heavy atom. The number of methoxy groups -OCH3 is 1. The van der Waals surface area contributed by atoms with E-state index in [1.807, 2.05) is 31.2 Å². The maximum atomic E-state index is 5.75. The molecule has 2 N–H and O–H groups in total. The van der Waals surface area contributed by atoms with Gasteiger partial charge < -0.3 is 10.5 Å². The molecule has 0 saturated carbocycles. The highest BCUT2D eigenvalue weighted by Crippen LogP contribution is 2.19. The van der Waals surface area contributed by atoms with E-state index in [1.54, 1.807) is 7.11 Å². The molecule has 3 heteroatoms. The molecule has 2 rings (SSSR count). The lowest BCUT2D eigenvalue weighted by atomic mass is 10.1. The van der Waals surface area contributed by atoms with Crippen LogP contribution < -0.4 is 10.5 Å². The van der Waals surface area contributed by atoms with Crippen molar-refractivity contribution in [2.75, 3.05) is 7.11 Å². The Hall–Kier alpha value is -1.61. The van der Waals surface area contributed by atoms with E-state index in [0.717, 1.165) is 28.8 Å². The largest absolute Gasteiger partial charge is 0.497 e. The molecule has 1 aromatic heterocycles. The molecule has 0 aliphatic carbocycles. The molecule has 0 saturated heterocycles. The number of pyridine rings is 1. The van der Waals surface area contributed by atoms with Crippen LogP contribution in [-0.4, -0.2) is 18.1 Å². The van der Waals surface area contributed by atoms with Gasteiger partial charge in [-0.2, -0.15) is 0 Å². The van der Waals surface area contributed by atoms with Crippen molar-refractivity contribution in [3.63, 3.8) is 0 Å². The zero-order chi connectivity index (χ0) is 11.5. The monoisotopic (exact) mass is 216 g/mol. The third-order valence-corrected chi connectivity index (χ3v) is 2.49. The predicted molar refractivity (Wildman–Crippen MR) is 65.6 cm³/mol. The highest BCUT2D eigenvalue weighted by atomic mass is 16.5. The van der Waals surface area contributed by atoms with Crippen molar-refractivity contribution in [2.45, 2.75) is 19.4 Å². The minimum atomic E-state index is 0.142. The number of hydrogen-bond acceptors (Lipinski definition) is 3. The number of benzene rings is 1. The molecule has 16 heavy (non-hydrogen) atoms. The number of fused-ring (bicyclic) bond motifs is 1. The SMILES string of the molecule is COc1ccc2nc(CC(C)N)ccc2c1. The molecule has 0 radical (unpaired) electrons. The quantitative estimate of drug-likeness (QED) is 0.855. The number of hydrogen-bond donors (Lipinski definition) is 1. The Morgan fingerprint density at radius 2 is 2.12 bits per heavy atom. The van der Waals surface area contributed by atoms with E-state index >= 15 is 0 Å². The zero-order valence-corrected chi connectivity index (χ0v) is 9.60. The van der Waals surface area contributed by atoms with Crippen LogP contribution >= 0.6 is 0 Å². The van der Waals surface area contributed by atoms with Crippen LogP contribution in [0.3, 0.4) is 0 Å². The number of rotatable bonds is 3. The predicted octanol–water partition coefficient (Wildman–Crippen LogP) is 2.13. The smallest absolute Gasteiger partial charge is 0.119 e. The molecule has 0 amide bonds. The first kappa shape index (κ1) is 10.9. The average Bonchev–Trinajstić information content (AvgIpc) is 2.27. The highest BCUT2D eigenvalue weighted by Gasteiger charge is 2.02. The Kier molecular flexibility index (Phi) is 3.06. The van der Waals surface area contributed by atoms with Gasteiger partial charge in [0.1, 0.15) is 5.75 Å². The van der Waals surface area contributed by atoms with Gasteiger partial charge in [0.05, 0.1) is 12.6 Å². The highest BCUT2D eigenvalue weighted by molar-refractivity contribution is 5.80. The average molecular weight is 216 g/mol. The van der Waals surface area contributed by atoms with E-state index in [-0.39, 0.29) is 6.04 Å². The third kappa shape index (κ3) is 2.31. The lowest BCUT2D eigenvalue weighted by Crippen LogP contribution is -2.18. The zero-order valence-electron chi connectivity index (χ0n) is 9.60. The summed E-state index contributed by atoms with van der Waals surface area (Å²) >= 11 is 0. The van der Waals surface area contributed by atoms with Crippen molar-refractivity contribution < 1.29 is 4.74 Å². The molecular weight excluding hydrogens is 200 g/mol. The third-order valence-electron chi connectivity index (χ3n) is 2.49. The van der Waals surface area contributed by atoms with Crippen LogP contribution in [-0.2, 0) is 6.42 Å². The first-order valence-electron chi connectivity index (χ1n) is 5.38. The Bertz CT molecular complexity index is 494. The van der Waals surface area contributed by atoms with Gasteiger partial charge in [0.25, 0.3) is 0 Å². The molecular formula is C13H16N2O. The molecule has 0 aliphatic rings. The van der Waals surface area contributed by atoms with E-state index < -0.39 is 0 Å². The van der Waals surface area contributed by atoms with E-state index in [4.69, 9.17) is 10.5 Å². The number of ether oxygens (including phenoxy) is 1. The Balaban J connectivity index is 2.39. The molecule has 1 aromatic carbocycles. The van der Waals surface area contributed by atoms with Gasteiger partial charge in [0, 0.05) is 23.5 Å². The Morgan fingerprint density at radius 1 is 1.31 bits per heavy atom. The summed E-state index contributed by atoms with van der Waals surface area (Å²) in [5.74, 6) is 0.856. The van der Waals surface area contributed by atoms with Crippen LogP contribution in [0.15, 0.2) is 30.3 Å². The number of nitrogens with zero attached hydrogens (tertiary/aromatic N) is 1. The summed E-state index contributed by atoms with van der Waals surface area (Å²) in [6, 6.07) is 10.1. The molecule has 0 bridgehead atoms. The van der Waals surface area contributed by atoms with Gasteiger partial charge in [-0.3, -0.25) is 4.98 Å². The maximum Gasteiger partial charge on any atom is 0.119 e. The fourth-order valence-corrected chi connectivity index (χ4v) is 1.72. The van der Waals surface area contributed by atoms with Crippen LogP contribution in [0.4, 0.5) is 0 Å². The summed E-state index contributed by atoms with van der Waals surface area (Å²) in [5, 5.41) is 1.09. The first-order chi connectivity index (χ1) is 7.69. The fraction of sp³-hybridized carbons (Fsp3) is 0.308. The molecule has 0 fully saturated rings. The fourth-order valence-electron chi connectivity index (χ4n) is 1.72. The second kappa shape index (κ2) is 4.49. The van der Waals surface area contributed by atoms with Crippen LogP contribution in [0, 0.1) is 0 Å². The van der Waals surface area contributed by atoms with Crippen molar-refractivity contribution in [2.24, 2.45) is 5.73 Å². The summed E-state index contributed by atoms with van der Waals surface area (Å²) in [7, 11) is 1.67. The van der Waals surface area contributed by atoms with Crippen molar-refractivity contribution >= 4 is 10.9 Å². The Labute approximate surface area is 95.2 Å².